The molecule has 0 aromatic heterocycles. The molecule has 3 rings (SSSR count). The standard InChI is InChI=1S/C20H22N2O2/c1-20(2,3)15-7-4-14(5-8-15)18(23)22-16-9-6-13-10-11-21-19(24)17(13)12-16/h4-9,12H,10-11H2,1-3H3,(H,21,24)(H,22,23). The second-order valence-corrected chi connectivity index (χ2v) is 7.16. The molecule has 4 nitrogen and oxygen atoms in total. The summed E-state index contributed by atoms with van der Waals surface area (Å²) < 4.78 is 0. The van der Waals surface area contributed by atoms with E-state index in [1.807, 2.05) is 36.4 Å². The van der Waals surface area contributed by atoms with Crippen LogP contribution in [0.4, 0.5) is 5.69 Å². The molecule has 0 aliphatic carbocycles. The number of rotatable bonds is 2. The van der Waals surface area contributed by atoms with E-state index in [2.05, 4.69) is 31.4 Å². The molecule has 0 spiro atoms. The Bertz CT molecular complexity index is 786. The average Bonchev–Trinajstić information content (AvgIpc) is 2.55. The Balaban J connectivity index is 1.78. The van der Waals surface area contributed by atoms with Gasteiger partial charge in [0.1, 0.15) is 0 Å². The first-order chi connectivity index (χ1) is 11.3. The summed E-state index contributed by atoms with van der Waals surface area (Å²) >= 11 is 0. The molecule has 1 aliphatic rings. The zero-order valence-corrected chi connectivity index (χ0v) is 14.3. The van der Waals surface area contributed by atoms with Crippen molar-refractivity contribution in [2.24, 2.45) is 0 Å². The van der Waals surface area contributed by atoms with Gasteiger partial charge in [0.15, 0.2) is 0 Å². The van der Waals surface area contributed by atoms with Gasteiger partial charge in [-0.3, -0.25) is 9.59 Å². The molecule has 2 aromatic carbocycles. The Morgan fingerprint density at radius 1 is 1.08 bits per heavy atom. The summed E-state index contributed by atoms with van der Waals surface area (Å²) in [5, 5.41) is 5.69. The molecule has 0 bridgehead atoms. The quantitative estimate of drug-likeness (QED) is 0.889. The van der Waals surface area contributed by atoms with E-state index in [4.69, 9.17) is 0 Å². The van der Waals surface area contributed by atoms with Crippen molar-refractivity contribution in [1.29, 1.82) is 0 Å². The van der Waals surface area contributed by atoms with Crippen molar-refractivity contribution in [2.75, 3.05) is 11.9 Å². The third-order valence-corrected chi connectivity index (χ3v) is 4.31. The maximum absolute atomic E-state index is 12.4. The van der Waals surface area contributed by atoms with Crippen molar-refractivity contribution in [3.63, 3.8) is 0 Å². The van der Waals surface area contributed by atoms with Gasteiger partial charge in [-0.1, -0.05) is 39.0 Å². The van der Waals surface area contributed by atoms with Crippen LogP contribution >= 0.6 is 0 Å². The predicted molar refractivity (Wildman–Crippen MR) is 95.6 cm³/mol. The van der Waals surface area contributed by atoms with E-state index < -0.39 is 0 Å². The van der Waals surface area contributed by atoms with Crippen LogP contribution in [0.3, 0.4) is 0 Å². The highest BCUT2D eigenvalue weighted by molar-refractivity contribution is 6.05. The van der Waals surface area contributed by atoms with Crippen LogP contribution in [0.15, 0.2) is 42.5 Å². The smallest absolute Gasteiger partial charge is 0.255 e. The van der Waals surface area contributed by atoms with Gasteiger partial charge in [-0.25, -0.2) is 0 Å². The number of fused-ring (bicyclic) bond motifs is 1. The monoisotopic (exact) mass is 322 g/mol. The van der Waals surface area contributed by atoms with Crippen LogP contribution in [-0.2, 0) is 11.8 Å². The minimum Gasteiger partial charge on any atom is -0.352 e. The van der Waals surface area contributed by atoms with Crippen molar-refractivity contribution in [3.05, 3.63) is 64.7 Å². The highest BCUT2D eigenvalue weighted by Crippen LogP contribution is 2.23. The first-order valence-corrected chi connectivity index (χ1v) is 8.17. The summed E-state index contributed by atoms with van der Waals surface area (Å²) in [5.74, 6) is -0.256. The molecule has 124 valence electrons. The third kappa shape index (κ3) is 3.32. The molecule has 4 heteroatoms. The van der Waals surface area contributed by atoms with Crippen LogP contribution in [0, 0.1) is 0 Å². The molecule has 1 heterocycles. The third-order valence-electron chi connectivity index (χ3n) is 4.31. The van der Waals surface area contributed by atoms with Crippen LogP contribution in [0.25, 0.3) is 0 Å². The van der Waals surface area contributed by atoms with Crippen molar-refractivity contribution in [3.8, 4) is 0 Å². The number of nitrogens with one attached hydrogen (secondary N) is 2. The van der Waals surface area contributed by atoms with E-state index >= 15 is 0 Å². The molecule has 0 unspecified atom stereocenters. The fourth-order valence-corrected chi connectivity index (χ4v) is 2.81. The number of amides is 2. The van der Waals surface area contributed by atoms with E-state index in [0.29, 0.717) is 23.4 Å². The van der Waals surface area contributed by atoms with Crippen molar-refractivity contribution >= 4 is 17.5 Å². The lowest BCUT2D eigenvalue weighted by Crippen LogP contribution is -2.31. The highest BCUT2D eigenvalue weighted by atomic mass is 16.2. The Labute approximate surface area is 142 Å². The Hall–Kier alpha value is -2.62. The SMILES string of the molecule is CC(C)(C)c1ccc(C(=O)Nc2ccc3c(c2)C(=O)NCC3)cc1. The lowest BCUT2D eigenvalue weighted by Gasteiger charge is -2.19. The summed E-state index contributed by atoms with van der Waals surface area (Å²) in [6.07, 6.45) is 0.823. The van der Waals surface area contributed by atoms with Gasteiger partial charge in [-0.15, -0.1) is 0 Å². The molecule has 2 N–H and O–H groups in total. The maximum Gasteiger partial charge on any atom is 0.255 e. The topological polar surface area (TPSA) is 58.2 Å². The van der Waals surface area contributed by atoms with Crippen LogP contribution in [0.5, 0.6) is 0 Å². The summed E-state index contributed by atoms with van der Waals surface area (Å²) in [4.78, 5) is 24.3. The fourth-order valence-electron chi connectivity index (χ4n) is 2.81. The minimum atomic E-state index is -0.174. The normalized spacial score (nSPS) is 13.9. The molecular weight excluding hydrogens is 300 g/mol. The first-order valence-electron chi connectivity index (χ1n) is 8.17. The summed E-state index contributed by atoms with van der Waals surface area (Å²) in [7, 11) is 0. The van der Waals surface area contributed by atoms with E-state index in [-0.39, 0.29) is 17.2 Å². The van der Waals surface area contributed by atoms with Gasteiger partial charge < -0.3 is 10.6 Å². The zero-order valence-electron chi connectivity index (χ0n) is 14.3. The van der Waals surface area contributed by atoms with Crippen LogP contribution in [-0.4, -0.2) is 18.4 Å². The summed E-state index contributed by atoms with van der Waals surface area (Å²) in [5.41, 5.74) is 4.14. The molecule has 2 aromatic rings. The largest absolute Gasteiger partial charge is 0.352 e. The highest BCUT2D eigenvalue weighted by Gasteiger charge is 2.18. The van der Waals surface area contributed by atoms with E-state index in [1.165, 1.54) is 5.56 Å². The van der Waals surface area contributed by atoms with Gasteiger partial charge in [0.05, 0.1) is 0 Å². The molecule has 0 radical (unpaired) electrons. The number of benzene rings is 2. The van der Waals surface area contributed by atoms with E-state index in [9.17, 15) is 9.59 Å². The minimum absolute atomic E-state index is 0.0564. The van der Waals surface area contributed by atoms with E-state index in [0.717, 1.165) is 12.0 Å². The Morgan fingerprint density at radius 3 is 2.46 bits per heavy atom. The van der Waals surface area contributed by atoms with Crippen molar-refractivity contribution < 1.29 is 9.59 Å². The number of anilines is 1. The van der Waals surface area contributed by atoms with Crippen molar-refractivity contribution in [1.82, 2.24) is 5.32 Å². The molecule has 24 heavy (non-hydrogen) atoms. The fraction of sp³-hybridized carbons (Fsp3) is 0.300. The average molecular weight is 322 g/mol. The lowest BCUT2D eigenvalue weighted by molar-refractivity contribution is 0.0944. The van der Waals surface area contributed by atoms with E-state index in [1.54, 1.807) is 6.07 Å². The second-order valence-electron chi connectivity index (χ2n) is 7.16. The summed E-state index contributed by atoms with van der Waals surface area (Å²) in [6.45, 7) is 7.08. The van der Waals surface area contributed by atoms with Gasteiger partial charge in [0, 0.05) is 23.4 Å². The van der Waals surface area contributed by atoms with Crippen molar-refractivity contribution in [2.45, 2.75) is 32.6 Å². The number of hydrogen-bond acceptors (Lipinski definition) is 2. The Morgan fingerprint density at radius 2 is 1.79 bits per heavy atom. The molecule has 0 saturated heterocycles. The maximum atomic E-state index is 12.4. The van der Waals surface area contributed by atoms with Gasteiger partial charge in [-0.2, -0.15) is 0 Å². The lowest BCUT2D eigenvalue weighted by atomic mass is 9.86. The summed E-state index contributed by atoms with van der Waals surface area (Å²) in [6, 6.07) is 13.1. The van der Waals surface area contributed by atoms with Gasteiger partial charge in [0.2, 0.25) is 0 Å². The molecule has 1 aliphatic heterocycles. The number of carbonyl (C=O) groups is 2. The van der Waals surface area contributed by atoms with Crippen LogP contribution in [0.2, 0.25) is 0 Å². The molecule has 0 fully saturated rings. The predicted octanol–water partition coefficient (Wildman–Crippen LogP) is 3.52. The first kappa shape index (κ1) is 16.2. The van der Waals surface area contributed by atoms with Gasteiger partial charge in [0.25, 0.3) is 11.8 Å². The second kappa shape index (κ2) is 6.11. The zero-order chi connectivity index (χ0) is 17.3. The number of hydrogen-bond donors (Lipinski definition) is 2. The van der Waals surface area contributed by atoms with Crippen LogP contribution in [0.1, 0.15) is 52.6 Å². The van der Waals surface area contributed by atoms with Gasteiger partial charge in [-0.05, 0) is 47.2 Å². The molecule has 0 atom stereocenters. The van der Waals surface area contributed by atoms with Crippen LogP contribution < -0.4 is 10.6 Å². The Kier molecular flexibility index (Phi) is 4.14. The van der Waals surface area contributed by atoms with Gasteiger partial charge >= 0.3 is 0 Å². The molecule has 2 amide bonds. The molecular formula is C20H22N2O2. The number of carbonyl (C=O) groups excluding carboxylic acids is 2. The molecule has 0 saturated carbocycles.